The molecule has 0 saturated heterocycles. The second-order valence-electron chi connectivity index (χ2n) is 6.41. The van der Waals surface area contributed by atoms with Gasteiger partial charge in [0.1, 0.15) is 5.75 Å². The molecule has 5 nitrogen and oxygen atoms in total. The van der Waals surface area contributed by atoms with Gasteiger partial charge in [-0.2, -0.15) is 0 Å². The molecule has 1 heterocycles. The van der Waals surface area contributed by atoms with Gasteiger partial charge in [-0.1, -0.05) is 12.1 Å². The monoisotopic (exact) mass is 351 g/mol. The summed E-state index contributed by atoms with van der Waals surface area (Å²) in [5, 5.41) is 9.76. The van der Waals surface area contributed by atoms with Crippen LogP contribution >= 0.6 is 0 Å². The first-order valence-electron chi connectivity index (χ1n) is 8.40. The van der Waals surface area contributed by atoms with Gasteiger partial charge in [-0.3, -0.25) is 4.79 Å². The minimum absolute atomic E-state index is 0.0636. The third-order valence-electron chi connectivity index (χ3n) is 4.67. The fourth-order valence-corrected chi connectivity index (χ4v) is 3.09. The highest BCUT2D eigenvalue weighted by atomic mass is 16.5. The second kappa shape index (κ2) is 7.04. The van der Waals surface area contributed by atoms with Crippen molar-refractivity contribution in [2.75, 3.05) is 6.61 Å². The first-order valence-corrected chi connectivity index (χ1v) is 8.40. The van der Waals surface area contributed by atoms with Crippen molar-refractivity contribution >= 4 is 22.7 Å². The van der Waals surface area contributed by atoms with Crippen LogP contribution < -0.4 is 4.74 Å². The van der Waals surface area contributed by atoms with E-state index in [1.54, 1.807) is 19.1 Å². The van der Waals surface area contributed by atoms with E-state index in [0.29, 0.717) is 12.3 Å². The normalized spacial score (nSPS) is 10.9. The van der Waals surface area contributed by atoms with Crippen LogP contribution in [0.1, 0.15) is 34.1 Å². The highest BCUT2D eigenvalue weighted by molar-refractivity contribution is 5.99. The smallest absolute Gasteiger partial charge is 0.341 e. The number of rotatable bonds is 6. The summed E-state index contributed by atoms with van der Waals surface area (Å²) in [7, 11) is 0. The van der Waals surface area contributed by atoms with Crippen LogP contribution in [-0.4, -0.2) is 28.0 Å². The van der Waals surface area contributed by atoms with Crippen molar-refractivity contribution in [2.45, 2.75) is 27.3 Å². The van der Waals surface area contributed by atoms with Crippen molar-refractivity contribution in [3.05, 3.63) is 64.8 Å². The Kier molecular flexibility index (Phi) is 4.80. The molecular weight excluding hydrogens is 330 g/mol. The maximum atomic E-state index is 11.7. The number of benzene rings is 2. The highest BCUT2D eigenvalue weighted by Gasteiger charge is 2.13. The molecule has 0 spiro atoms. The van der Waals surface area contributed by atoms with Crippen molar-refractivity contribution < 1.29 is 19.4 Å². The van der Waals surface area contributed by atoms with Gasteiger partial charge in [0, 0.05) is 28.7 Å². The van der Waals surface area contributed by atoms with E-state index in [1.165, 1.54) is 5.56 Å². The number of ether oxygens (including phenoxy) is 1. The number of hydrogen-bond acceptors (Lipinski definition) is 3. The average Bonchev–Trinajstić information content (AvgIpc) is 2.85. The van der Waals surface area contributed by atoms with E-state index < -0.39 is 5.97 Å². The quantitative estimate of drug-likeness (QED) is 0.682. The molecule has 1 aromatic heterocycles. The number of hydrogen-bond donors (Lipinski definition) is 1. The van der Waals surface area contributed by atoms with E-state index in [9.17, 15) is 9.59 Å². The molecule has 0 atom stereocenters. The fourth-order valence-electron chi connectivity index (χ4n) is 3.09. The Morgan fingerprint density at radius 3 is 2.38 bits per heavy atom. The molecule has 1 N–H and O–H groups in total. The highest BCUT2D eigenvalue weighted by Crippen LogP contribution is 2.27. The first kappa shape index (κ1) is 17.7. The predicted octanol–water partition coefficient (Wildman–Crippen LogP) is 3.97. The van der Waals surface area contributed by atoms with Crippen molar-refractivity contribution in [3.63, 3.8) is 0 Å². The van der Waals surface area contributed by atoms with Gasteiger partial charge >= 0.3 is 5.97 Å². The summed E-state index contributed by atoms with van der Waals surface area (Å²) in [5.41, 5.74) is 5.23. The summed E-state index contributed by atoms with van der Waals surface area (Å²) in [5.74, 6) is -0.398. The Labute approximate surface area is 151 Å². The number of carbonyl (C=O) groups excluding carboxylic acids is 1. The largest absolute Gasteiger partial charge is 0.482 e. The van der Waals surface area contributed by atoms with Gasteiger partial charge in [-0.05, 0) is 62.2 Å². The molecule has 0 amide bonds. The fraction of sp³-hybridized carbons (Fsp3) is 0.238. The summed E-state index contributed by atoms with van der Waals surface area (Å²) in [4.78, 5) is 22.2. The molecule has 0 fully saturated rings. The second-order valence-corrected chi connectivity index (χ2v) is 6.41. The third-order valence-corrected chi connectivity index (χ3v) is 4.67. The lowest BCUT2D eigenvalue weighted by molar-refractivity contribution is -0.139. The van der Waals surface area contributed by atoms with Gasteiger partial charge in [0.15, 0.2) is 12.4 Å². The Bertz CT molecular complexity index is 983. The van der Waals surface area contributed by atoms with Gasteiger partial charge in [0.05, 0.1) is 0 Å². The van der Waals surface area contributed by atoms with Gasteiger partial charge < -0.3 is 14.4 Å². The molecule has 5 heteroatoms. The van der Waals surface area contributed by atoms with Crippen LogP contribution in [0.3, 0.4) is 0 Å². The van der Waals surface area contributed by atoms with Gasteiger partial charge in [-0.25, -0.2) is 4.79 Å². The number of nitrogens with zero attached hydrogens (tertiary/aromatic N) is 1. The summed E-state index contributed by atoms with van der Waals surface area (Å²) in [6.07, 6.45) is 0. The zero-order chi connectivity index (χ0) is 18.8. The number of aromatic nitrogens is 1. The zero-order valence-corrected chi connectivity index (χ0v) is 15.1. The Balaban J connectivity index is 1.90. The van der Waals surface area contributed by atoms with Crippen molar-refractivity contribution in [3.8, 4) is 5.75 Å². The molecule has 26 heavy (non-hydrogen) atoms. The van der Waals surface area contributed by atoms with Crippen LogP contribution in [0, 0.1) is 13.8 Å². The van der Waals surface area contributed by atoms with E-state index in [1.807, 2.05) is 30.3 Å². The number of fused-ring (bicyclic) bond motifs is 1. The number of carboxylic acids is 1. The predicted molar refractivity (Wildman–Crippen MR) is 100 cm³/mol. The Morgan fingerprint density at radius 1 is 1.08 bits per heavy atom. The molecule has 0 radical (unpaired) electrons. The van der Waals surface area contributed by atoms with Crippen molar-refractivity contribution in [1.82, 2.24) is 4.57 Å². The van der Waals surface area contributed by atoms with Crippen LogP contribution in [0.4, 0.5) is 0 Å². The van der Waals surface area contributed by atoms with E-state index in [4.69, 9.17) is 9.84 Å². The van der Waals surface area contributed by atoms with Crippen molar-refractivity contribution in [2.24, 2.45) is 0 Å². The SMILES string of the molecule is CC(=O)c1ccc2c(c1)c(C)c(C)n2Cc1ccc(OCC(=O)O)cc1. The van der Waals surface area contributed by atoms with E-state index in [2.05, 4.69) is 18.4 Å². The first-order chi connectivity index (χ1) is 12.4. The Morgan fingerprint density at radius 2 is 1.77 bits per heavy atom. The standard InChI is InChI=1S/C21H21NO4/c1-13-14(2)22(20-9-6-17(15(3)23)10-19(13)20)11-16-4-7-18(8-5-16)26-12-21(24)25/h4-10H,11-12H2,1-3H3,(H,24,25). The van der Waals surface area contributed by atoms with Crippen LogP contribution in [0.5, 0.6) is 5.75 Å². The Hall–Kier alpha value is -3.08. The van der Waals surface area contributed by atoms with E-state index in [-0.39, 0.29) is 12.4 Å². The number of aryl methyl sites for hydroxylation is 1. The minimum atomic E-state index is -0.996. The zero-order valence-electron chi connectivity index (χ0n) is 15.1. The van der Waals surface area contributed by atoms with Crippen LogP contribution in [-0.2, 0) is 11.3 Å². The third kappa shape index (κ3) is 3.47. The summed E-state index contributed by atoms with van der Waals surface area (Å²) in [6, 6.07) is 13.2. The van der Waals surface area contributed by atoms with Gasteiger partial charge in [0.25, 0.3) is 0 Å². The summed E-state index contributed by atoms with van der Waals surface area (Å²) in [6.45, 7) is 6.07. The van der Waals surface area contributed by atoms with E-state index in [0.717, 1.165) is 27.7 Å². The van der Waals surface area contributed by atoms with E-state index >= 15 is 0 Å². The molecule has 0 aliphatic heterocycles. The van der Waals surface area contributed by atoms with Gasteiger partial charge in [0.2, 0.25) is 0 Å². The van der Waals surface area contributed by atoms with Crippen LogP contribution in [0.25, 0.3) is 10.9 Å². The lowest BCUT2D eigenvalue weighted by atomic mass is 10.1. The molecular formula is C21H21NO4. The van der Waals surface area contributed by atoms with Crippen LogP contribution in [0.2, 0.25) is 0 Å². The lowest BCUT2D eigenvalue weighted by Crippen LogP contribution is -2.09. The molecule has 0 unspecified atom stereocenters. The number of aliphatic carboxylic acids is 1. The maximum Gasteiger partial charge on any atom is 0.341 e. The minimum Gasteiger partial charge on any atom is -0.482 e. The average molecular weight is 351 g/mol. The molecule has 3 aromatic rings. The van der Waals surface area contributed by atoms with Crippen LogP contribution in [0.15, 0.2) is 42.5 Å². The van der Waals surface area contributed by atoms with Crippen molar-refractivity contribution in [1.29, 1.82) is 0 Å². The number of ketones is 1. The maximum absolute atomic E-state index is 11.7. The molecule has 2 aromatic carbocycles. The molecule has 0 aliphatic carbocycles. The summed E-state index contributed by atoms with van der Waals surface area (Å²) < 4.78 is 7.39. The molecule has 3 rings (SSSR count). The number of Topliss-reactive ketones (excluding diaryl/α,β-unsaturated/α-hetero) is 1. The summed E-state index contributed by atoms with van der Waals surface area (Å²) >= 11 is 0. The lowest BCUT2D eigenvalue weighted by Gasteiger charge is -2.10. The molecule has 0 bridgehead atoms. The van der Waals surface area contributed by atoms with Gasteiger partial charge in [-0.15, -0.1) is 0 Å². The topological polar surface area (TPSA) is 68.5 Å². The number of carboxylic acid groups (broad SMARTS) is 1. The molecule has 0 aliphatic rings. The molecule has 134 valence electrons. The number of carbonyl (C=O) groups is 2. The molecule has 0 saturated carbocycles.